The second-order valence-corrected chi connectivity index (χ2v) is 4.10. The van der Waals surface area contributed by atoms with Crippen molar-refractivity contribution in [3.05, 3.63) is 27.8 Å². The largest absolute Gasteiger partial charge is 0.494 e. The Balaban J connectivity index is 3.25. The lowest BCUT2D eigenvalue weighted by Crippen LogP contribution is -2.09. The van der Waals surface area contributed by atoms with Gasteiger partial charge in [0.2, 0.25) is 0 Å². The van der Waals surface area contributed by atoms with Gasteiger partial charge in [-0.2, -0.15) is 0 Å². The minimum absolute atomic E-state index is 0.0806. The smallest absolute Gasteiger partial charge is 0.338 e. The van der Waals surface area contributed by atoms with Crippen molar-refractivity contribution in [1.82, 2.24) is 0 Å². The van der Waals surface area contributed by atoms with Crippen molar-refractivity contribution in [2.75, 3.05) is 26.1 Å². The fraction of sp³-hybridized carbons (Fsp3) is 0.462. The van der Waals surface area contributed by atoms with E-state index in [0.717, 1.165) is 12.8 Å². The number of anilines is 1. The summed E-state index contributed by atoms with van der Waals surface area (Å²) in [6.45, 7) is 2.61. The molecular weight excluding hydrogens is 264 g/mol. The first-order valence-corrected chi connectivity index (χ1v) is 6.23. The number of methoxy groups -OCH3 is 2. The third kappa shape index (κ3) is 3.59. The predicted molar refractivity (Wildman–Crippen MR) is 74.4 cm³/mol. The van der Waals surface area contributed by atoms with Crippen molar-refractivity contribution in [1.29, 1.82) is 0 Å². The van der Waals surface area contributed by atoms with Gasteiger partial charge >= 0.3 is 5.97 Å². The number of rotatable bonds is 7. The number of hydrogen-bond acceptors (Lipinski definition) is 6. The standard InChI is InChI=1S/C13H18N2O5/c1-4-5-6-14-12-10(15(17)18)7-9(13(16)20-3)8-11(12)19-2/h7-8,14H,4-6H2,1-3H3. The van der Waals surface area contributed by atoms with Gasteiger partial charge in [0.05, 0.1) is 24.7 Å². The molecule has 20 heavy (non-hydrogen) atoms. The quantitative estimate of drug-likeness (QED) is 0.358. The van der Waals surface area contributed by atoms with E-state index in [4.69, 9.17) is 4.74 Å². The number of nitro benzene ring substituents is 1. The monoisotopic (exact) mass is 282 g/mol. The second kappa shape index (κ2) is 7.32. The molecule has 0 aromatic heterocycles. The summed E-state index contributed by atoms with van der Waals surface area (Å²) in [5, 5.41) is 14.1. The minimum atomic E-state index is -0.647. The summed E-state index contributed by atoms with van der Waals surface area (Å²) in [5.41, 5.74) is 0.150. The average molecular weight is 282 g/mol. The number of ether oxygens (including phenoxy) is 2. The highest BCUT2D eigenvalue weighted by Gasteiger charge is 2.23. The van der Waals surface area contributed by atoms with E-state index in [1.165, 1.54) is 26.4 Å². The highest BCUT2D eigenvalue weighted by atomic mass is 16.6. The Labute approximate surface area is 117 Å². The maximum absolute atomic E-state index is 11.5. The van der Waals surface area contributed by atoms with Gasteiger partial charge in [0.15, 0.2) is 5.69 Å². The SMILES string of the molecule is CCCCNc1c(OC)cc(C(=O)OC)cc1[N+](=O)[O-]. The summed E-state index contributed by atoms with van der Waals surface area (Å²) < 4.78 is 9.70. The lowest BCUT2D eigenvalue weighted by molar-refractivity contribution is -0.384. The molecule has 1 aromatic rings. The lowest BCUT2D eigenvalue weighted by atomic mass is 10.1. The van der Waals surface area contributed by atoms with Crippen molar-refractivity contribution in [2.45, 2.75) is 19.8 Å². The Morgan fingerprint density at radius 3 is 2.60 bits per heavy atom. The van der Waals surface area contributed by atoms with Crippen LogP contribution >= 0.6 is 0 Å². The predicted octanol–water partition coefficient (Wildman–Crippen LogP) is 2.60. The van der Waals surface area contributed by atoms with Crippen molar-refractivity contribution in [3.8, 4) is 5.75 Å². The average Bonchev–Trinajstić information content (AvgIpc) is 2.46. The van der Waals surface area contributed by atoms with E-state index >= 15 is 0 Å². The molecule has 0 fully saturated rings. The minimum Gasteiger partial charge on any atom is -0.494 e. The van der Waals surface area contributed by atoms with Crippen molar-refractivity contribution in [3.63, 3.8) is 0 Å². The van der Waals surface area contributed by atoms with Crippen LogP contribution in [0.3, 0.4) is 0 Å². The molecule has 0 aliphatic rings. The zero-order valence-corrected chi connectivity index (χ0v) is 11.8. The van der Waals surface area contributed by atoms with Crippen LogP contribution in [-0.2, 0) is 4.74 Å². The van der Waals surface area contributed by atoms with E-state index in [1.807, 2.05) is 6.92 Å². The number of carbonyl (C=O) groups excluding carboxylic acids is 1. The van der Waals surface area contributed by atoms with Crippen LogP contribution in [0.4, 0.5) is 11.4 Å². The fourth-order valence-electron chi connectivity index (χ4n) is 1.71. The molecule has 7 nitrogen and oxygen atoms in total. The van der Waals surface area contributed by atoms with Crippen LogP contribution in [-0.4, -0.2) is 31.7 Å². The molecule has 0 spiro atoms. The number of benzene rings is 1. The first-order chi connectivity index (χ1) is 9.54. The molecule has 0 bridgehead atoms. The fourth-order valence-corrected chi connectivity index (χ4v) is 1.71. The number of unbranched alkanes of at least 4 members (excludes halogenated alkanes) is 1. The number of carbonyl (C=O) groups is 1. The van der Waals surface area contributed by atoms with Gasteiger partial charge in [-0.25, -0.2) is 4.79 Å². The molecule has 7 heteroatoms. The first-order valence-electron chi connectivity index (χ1n) is 6.23. The molecule has 0 atom stereocenters. The van der Waals surface area contributed by atoms with E-state index in [1.54, 1.807) is 0 Å². The Bertz CT molecular complexity index is 502. The van der Waals surface area contributed by atoms with Gasteiger partial charge in [-0.05, 0) is 12.5 Å². The topological polar surface area (TPSA) is 90.7 Å². The third-order valence-corrected chi connectivity index (χ3v) is 2.75. The van der Waals surface area contributed by atoms with Gasteiger partial charge < -0.3 is 14.8 Å². The molecule has 0 unspecified atom stereocenters. The van der Waals surface area contributed by atoms with Crippen LogP contribution in [0.1, 0.15) is 30.1 Å². The van der Waals surface area contributed by atoms with Gasteiger partial charge in [0.1, 0.15) is 5.75 Å². The summed E-state index contributed by atoms with van der Waals surface area (Å²) in [6, 6.07) is 2.61. The van der Waals surface area contributed by atoms with Crippen LogP contribution in [0.5, 0.6) is 5.75 Å². The molecule has 0 heterocycles. The third-order valence-electron chi connectivity index (χ3n) is 2.75. The van der Waals surface area contributed by atoms with Gasteiger partial charge in [-0.1, -0.05) is 13.3 Å². The second-order valence-electron chi connectivity index (χ2n) is 4.10. The maximum Gasteiger partial charge on any atom is 0.338 e. The number of nitrogens with zero attached hydrogens (tertiary/aromatic N) is 1. The summed E-state index contributed by atoms with van der Waals surface area (Å²) in [6.07, 6.45) is 1.84. The van der Waals surface area contributed by atoms with E-state index in [-0.39, 0.29) is 22.7 Å². The summed E-state index contributed by atoms with van der Waals surface area (Å²) in [5.74, 6) is -0.401. The van der Waals surface area contributed by atoms with E-state index < -0.39 is 10.9 Å². The van der Waals surface area contributed by atoms with Crippen LogP contribution in [0.2, 0.25) is 0 Å². The molecule has 0 aliphatic heterocycles. The van der Waals surface area contributed by atoms with Crippen LogP contribution < -0.4 is 10.1 Å². The van der Waals surface area contributed by atoms with Crippen molar-refractivity contribution in [2.24, 2.45) is 0 Å². The number of esters is 1. The molecule has 0 amide bonds. The van der Waals surface area contributed by atoms with Gasteiger partial charge in [0.25, 0.3) is 5.69 Å². The Morgan fingerprint density at radius 1 is 1.40 bits per heavy atom. The highest BCUT2D eigenvalue weighted by Crippen LogP contribution is 2.36. The van der Waals surface area contributed by atoms with Crippen molar-refractivity contribution < 1.29 is 19.2 Å². The van der Waals surface area contributed by atoms with Gasteiger partial charge in [-0.15, -0.1) is 0 Å². The Morgan fingerprint density at radius 2 is 2.10 bits per heavy atom. The molecule has 1 aromatic carbocycles. The lowest BCUT2D eigenvalue weighted by Gasteiger charge is -2.12. The molecule has 0 saturated carbocycles. The van der Waals surface area contributed by atoms with Crippen LogP contribution in [0.25, 0.3) is 0 Å². The number of hydrogen-bond donors (Lipinski definition) is 1. The number of nitrogens with one attached hydrogen (secondary N) is 1. The maximum atomic E-state index is 11.5. The van der Waals surface area contributed by atoms with Gasteiger partial charge in [0, 0.05) is 12.6 Å². The normalized spacial score (nSPS) is 9.95. The molecule has 1 N–H and O–H groups in total. The molecule has 110 valence electrons. The van der Waals surface area contributed by atoms with E-state index in [2.05, 4.69) is 10.1 Å². The summed E-state index contributed by atoms with van der Waals surface area (Å²) in [4.78, 5) is 22.1. The molecule has 1 rings (SSSR count). The van der Waals surface area contributed by atoms with E-state index in [0.29, 0.717) is 6.54 Å². The number of nitro groups is 1. The molecule has 0 aliphatic carbocycles. The van der Waals surface area contributed by atoms with Crippen molar-refractivity contribution >= 4 is 17.3 Å². The van der Waals surface area contributed by atoms with Crippen LogP contribution in [0, 0.1) is 10.1 Å². The zero-order valence-electron chi connectivity index (χ0n) is 11.8. The molecule has 0 saturated heterocycles. The Kier molecular flexibility index (Phi) is 5.76. The molecular formula is C13H18N2O5. The zero-order chi connectivity index (χ0) is 15.1. The highest BCUT2D eigenvalue weighted by molar-refractivity contribution is 5.92. The first kappa shape index (κ1) is 15.7. The Hall–Kier alpha value is -2.31. The summed E-state index contributed by atoms with van der Waals surface area (Å²) in [7, 11) is 2.61. The molecule has 0 radical (unpaired) electrons. The van der Waals surface area contributed by atoms with E-state index in [9.17, 15) is 14.9 Å². The summed E-state index contributed by atoms with van der Waals surface area (Å²) >= 11 is 0. The van der Waals surface area contributed by atoms with Gasteiger partial charge in [-0.3, -0.25) is 10.1 Å². The van der Waals surface area contributed by atoms with Crippen LogP contribution in [0.15, 0.2) is 12.1 Å².